The van der Waals surface area contributed by atoms with Crippen LogP contribution in [0, 0.1) is 0 Å². The summed E-state index contributed by atoms with van der Waals surface area (Å²) in [5.41, 5.74) is 0.688. The molecule has 0 spiro atoms. The molecular weight excluding hydrogens is 386 g/mol. The molecule has 0 aliphatic carbocycles. The van der Waals surface area contributed by atoms with Crippen LogP contribution in [0.4, 0.5) is 5.95 Å². The Morgan fingerprint density at radius 3 is 2.60 bits per heavy atom. The quantitative estimate of drug-likeness (QED) is 0.409. The minimum atomic E-state index is -0.867. The Bertz CT molecular complexity index is 1150. The molecule has 0 bridgehead atoms. The van der Waals surface area contributed by atoms with Gasteiger partial charge in [-0.1, -0.05) is 36.4 Å². The van der Waals surface area contributed by atoms with Gasteiger partial charge < -0.3 is 19.3 Å². The van der Waals surface area contributed by atoms with Crippen LogP contribution in [0.15, 0.2) is 52.6 Å². The summed E-state index contributed by atoms with van der Waals surface area (Å²) < 4.78 is 9.38. The zero-order chi connectivity index (χ0) is 21.8. The SMILES string of the molecule is C=CCOC[C@@H](O)Cn1c(N(C)Cc2ccccc2)nc2c1c(=O)n(C)c(=O)n2C. The third-order valence-electron chi connectivity index (χ3n) is 4.87. The Labute approximate surface area is 174 Å². The zero-order valence-corrected chi connectivity index (χ0v) is 17.5. The molecule has 0 amide bonds. The van der Waals surface area contributed by atoms with Crippen LogP contribution in [0.2, 0.25) is 0 Å². The lowest BCUT2D eigenvalue weighted by Crippen LogP contribution is -2.38. The molecule has 0 unspecified atom stereocenters. The molecule has 1 N–H and O–H groups in total. The van der Waals surface area contributed by atoms with E-state index in [2.05, 4.69) is 11.6 Å². The summed E-state index contributed by atoms with van der Waals surface area (Å²) in [5, 5.41) is 10.5. The molecule has 9 nitrogen and oxygen atoms in total. The molecule has 0 aliphatic rings. The van der Waals surface area contributed by atoms with Crippen LogP contribution in [-0.2, 0) is 31.9 Å². The molecule has 0 saturated carbocycles. The van der Waals surface area contributed by atoms with Crippen molar-refractivity contribution < 1.29 is 9.84 Å². The minimum absolute atomic E-state index is 0.0829. The van der Waals surface area contributed by atoms with E-state index in [0.29, 0.717) is 19.1 Å². The average molecular weight is 413 g/mol. The average Bonchev–Trinajstić information content (AvgIpc) is 3.11. The largest absolute Gasteiger partial charge is 0.389 e. The first kappa shape index (κ1) is 21.5. The van der Waals surface area contributed by atoms with Crippen molar-refractivity contribution >= 4 is 17.1 Å². The predicted molar refractivity (Wildman–Crippen MR) is 116 cm³/mol. The van der Waals surface area contributed by atoms with Crippen LogP contribution in [0.25, 0.3) is 11.2 Å². The van der Waals surface area contributed by atoms with Gasteiger partial charge in [0.05, 0.1) is 25.9 Å². The van der Waals surface area contributed by atoms with Crippen molar-refractivity contribution in [3.63, 3.8) is 0 Å². The molecule has 9 heteroatoms. The van der Waals surface area contributed by atoms with Gasteiger partial charge in [0.25, 0.3) is 5.56 Å². The molecule has 0 fully saturated rings. The molecule has 0 radical (unpaired) electrons. The summed E-state index contributed by atoms with van der Waals surface area (Å²) >= 11 is 0. The van der Waals surface area contributed by atoms with E-state index in [0.717, 1.165) is 10.1 Å². The lowest BCUT2D eigenvalue weighted by Gasteiger charge is -2.21. The van der Waals surface area contributed by atoms with Crippen LogP contribution in [0.5, 0.6) is 0 Å². The number of imidazole rings is 1. The van der Waals surface area contributed by atoms with E-state index in [9.17, 15) is 14.7 Å². The number of aromatic nitrogens is 4. The first-order valence-electron chi connectivity index (χ1n) is 9.63. The number of benzene rings is 1. The van der Waals surface area contributed by atoms with Gasteiger partial charge in [-0.3, -0.25) is 13.9 Å². The van der Waals surface area contributed by atoms with Gasteiger partial charge in [0.2, 0.25) is 5.95 Å². The van der Waals surface area contributed by atoms with Crippen LogP contribution >= 0.6 is 0 Å². The van der Waals surface area contributed by atoms with Gasteiger partial charge in [0.1, 0.15) is 0 Å². The number of anilines is 1. The molecule has 0 saturated heterocycles. The van der Waals surface area contributed by atoms with Crippen molar-refractivity contribution in [1.29, 1.82) is 0 Å². The van der Waals surface area contributed by atoms with Crippen LogP contribution in [-0.4, -0.2) is 50.2 Å². The normalized spacial score (nSPS) is 12.3. The number of fused-ring (bicyclic) bond motifs is 1. The lowest BCUT2D eigenvalue weighted by molar-refractivity contribution is 0.0404. The van der Waals surface area contributed by atoms with E-state index in [1.165, 1.54) is 11.6 Å². The summed E-state index contributed by atoms with van der Waals surface area (Å²) in [6.45, 7) is 4.62. The molecule has 160 valence electrons. The summed E-state index contributed by atoms with van der Waals surface area (Å²) in [5.74, 6) is 0.481. The standard InChI is InChI=1S/C21H27N5O4/c1-5-11-30-14-16(27)13-26-17-18(24(3)21(29)25(4)19(17)28)22-20(26)23(2)12-15-9-7-6-8-10-15/h5-10,16,27H,1,11-14H2,2-4H3/t16-/m0/s1. The second-order valence-electron chi connectivity index (χ2n) is 7.22. The maximum atomic E-state index is 12.9. The maximum Gasteiger partial charge on any atom is 0.332 e. The third kappa shape index (κ3) is 4.22. The summed E-state index contributed by atoms with van der Waals surface area (Å²) in [4.78, 5) is 31.7. The topological polar surface area (TPSA) is 94.5 Å². The number of aliphatic hydroxyl groups is 1. The highest BCUT2D eigenvalue weighted by Crippen LogP contribution is 2.21. The smallest absolute Gasteiger partial charge is 0.332 e. The molecule has 30 heavy (non-hydrogen) atoms. The molecule has 2 heterocycles. The van der Waals surface area contributed by atoms with Crippen molar-refractivity contribution in [2.75, 3.05) is 25.2 Å². The van der Waals surface area contributed by atoms with Crippen LogP contribution in [0.3, 0.4) is 0 Å². The fraction of sp³-hybridized carbons (Fsp3) is 0.381. The third-order valence-corrected chi connectivity index (χ3v) is 4.87. The monoisotopic (exact) mass is 413 g/mol. The van der Waals surface area contributed by atoms with Crippen molar-refractivity contribution in [2.45, 2.75) is 19.2 Å². The van der Waals surface area contributed by atoms with Gasteiger partial charge in [-0.05, 0) is 5.56 Å². The highest BCUT2D eigenvalue weighted by molar-refractivity contribution is 5.74. The molecule has 0 aliphatic heterocycles. The van der Waals surface area contributed by atoms with Gasteiger partial charge in [0.15, 0.2) is 11.2 Å². The number of ether oxygens (including phenoxy) is 1. The Balaban J connectivity index is 2.09. The molecule has 1 aromatic carbocycles. The summed E-state index contributed by atoms with van der Waals surface area (Å²) in [6.07, 6.45) is 0.734. The van der Waals surface area contributed by atoms with E-state index in [1.807, 2.05) is 42.3 Å². The summed E-state index contributed by atoms with van der Waals surface area (Å²) in [6, 6.07) is 9.84. The predicted octanol–water partition coefficient (Wildman–Crippen LogP) is 0.634. The van der Waals surface area contributed by atoms with Gasteiger partial charge in [0, 0.05) is 27.7 Å². The van der Waals surface area contributed by atoms with E-state index < -0.39 is 17.4 Å². The van der Waals surface area contributed by atoms with E-state index >= 15 is 0 Å². The summed E-state index contributed by atoms with van der Waals surface area (Å²) in [7, 11) is 4.86. The fourth-order valence-electron chi connectivity index (χ4n) is 3.38. The number of aryl methyl sites for hydroxylation is 1. The Morgan fingerprint density at radius 1 is 1.23 bits per heavy atom. The van der Waals surface area contributed by atoms with E-state index in [1.54, 1.807) is 17.7 Å². The van der Waals surface area contributed by atoms with Crippen LogP contribution < -0.4 is 16.1 Å². The molecular formula is C21H27N5O4. The number of hydrogen-bond acceptors (Lipinski definition) is 6. The minimum Gasteiger partial charge on any atom is -0.389 e. The molecule has 3 aromatic rings. The van der Waals surface area contributed by atoms with Gasteiger partial charge >= 0.3 is 5.69 Å². The Kier molecular flexibility index (Phi) is 6.53. The van der Waals surface area contributed by atoms with Crippen LogP contribution in [0.1, 0.15) is 5.56 Å². The zero-order valence-electron chi connectivity index (χ0n) is 17.5. The Hall–Kier alpha value is -3.17. The van der Waals surface area contributed by atoms with Gasteiger partial charge in [-0.15, -0.1) is 6.58 Å². The highest BCUT2D eigenvalue weighted by Gasteiger charge is 2.23. The molecule has 3 rings (SSSR count). The number of hydrogen-bond donors (Lipinski definition) is 1. The lowest BCUT2D eigenvalue weighted by atomic mass is 10.2. The second-order valence-corrected chi connectivity index (χ2v) is 7.22. The van der Waals surface area contributed by atoms with Crippen molar-refractivity contribution in [3.8, 4) is 0 Å². The maximum absolute atomic E-state index is 12.9. The first-order chi connectivity index (χ1) is 14.3. The fourth-order valence-corrected chi connectivity index (χ4v) is 3.38. The van der Waals surface area contributed by atoms with Crippen molar-refractivity contribution in [1.82, 2.24) is 18.7 Å². The van der Waals surface area contributed by atoms with Gasteiger partial charge in [-0.25, -0.2) is 4.79 Å². The van der Waals surface area contributed by atoms with E-state index in [4.69, 9.17) is 4.74 Å². The highest BCUT2D eigenvalue weighted by atomic mass is 16.5. The Morgan fingerprint density at radius 2 is 1.93 bits per heavy atom. The number of rotatable bonds is 9. The van der Waals surface area contributed by atoms with Crippen molar-refractivity contribution in [2.24, 2.45) is 14.1 Å². The second kappa shape index (κ2) is 9.10. The molecule has 1 atom stereocenters. The number of nitrogens with zero attached hydrogens (tertiary/aromatic N) is 5. The number of aliphatic hydroxyl groups excluding tert-OH is 1. The first-order valence-corrected chi connectivity index (χ1v) is 9.63. The van der Waals surface area contributed by atoms with E-state index in [-0.39, 0.29) is 24.3 Å². The van der Waals surface area contributed by atoms with Gasteiger partial charge in [-0.2, -0.15) is 4.98 Å². The molecule has 2 aromatic heterocycles. The van der Waals surface area contributed by atoms with Crippen molar-refractivity contribution in [3.05, 3.63) is 69.4 Å².